The van der Waals surface area contributed by atoms with Crippen molar-refractivity contribution < 1.29 is 14.7 Å². The van der Waals surface area contributed by atoms with Crippen molar-refractivity contribution >= 4 is 12.0 Å². The predicted molar refractivity (Wildman–Crippen MR) is 80.8 cm³/mol. The van der Waals surface area contributed by atoms with Crippen LogP contribution in [0.5, 0.6) is 0 Å². The fraction of sp³-hybridized carbons (Fsp3) is 0.867. The van der Waals surface area contributed by atoms with E-state index >= 15 is 0 Å². The van der Waals surface area contributed by atoms with Crippen molar-refractivity contribution in [1.82, 2.24) is 10.6 Å². The second kappa shape index (κ2) is 8.82. The molecule has 0 aliphatic heterocycles. The Morgan fingerprint density at radius 1 is 1.15 bits per heavy atom. The van der Waals surface area contributed by atoms with Gasteiger partial charge in [0.05, 0.1) is 5.92 Å². The first-order valence-electron chi connectivity index (χ1n) is 7.55. The van der Waals surface area contributed by atoms with Crippen molar-refractivity contribution in [3.63, 3.8) is 0 Å². The second-order valence-corrected chi connectivity index (χ2v) is 5.94. The molecule has 0 radical (unpaired) electrons. The van der Waals surface area contributed by atoms with Crippen LogP contribution < -0.4 is 10.6 Å². The number of hydrogen-bond acceptors (Lipinski definition) is 2. The van der Waals surface area contributed by atoms with Gasteiger partial charge in [-0.25, -0.2) is 4.79 Å². The third-order valence-corrected chi connectivity index (χ3v) is 4.05. The molecular formula is C15H30N2O3. The van der Waals surface area contributed by atoms with Crippen LogP contribution in [0, 0.1) is 5.92 Å². The van der Waals surface area contributed by atoms with Gasteiger partial charge < -0.3 is 15.7 Å². The number of nitrogens with one attached hydrogen (secondary N) is 2. The van der Waals surface area contributed by atoms with E-state index in [0.717, 1.165) is 25.7 Å². The molecule has 0 aromatic rings. The number of urea groups is 1. The van der Waals surface area contributed by atoms with E-state index in [4.69, 9.17) is 5.11 Å². The summed E-state index contributed by atoms with van der Waals surface area (Å²) in [7, 11) is 0. The minimum atomic E-state index is -0.759. The summed E-state index contributed by atoms with van der Waals surface area (Å²) in [6.07, 6.45) is 4.02. The lowest BCUT2D eigenvalue weighted by Gasteiger charge is -2.29. The van der Waals surface area contributed by atoms with Crippen molar-refractivity contribution in [2.45, 2.75) is 78.3 Å². The molecule has 20 heavy (non-hydrogen) atoms. The summed E-state index contributed by atoms with van der Waals surface area (Å²) < 4.78 is 0. The standard InChI is InChI=1S/C15H30N2O3/c1-6-15(5,7-2)17-14(20)16-12(4)10-8-9-11(3)13(18)19/h11-12H,6-10H2,1-5H3,(H,18,19)(H2,16,17,20). The maximum atomic E-state index is 11.9. The van der Waals surface area contributed by atoms with E-state index in [9.17, 15) is 9.59 Å². The van der Waals surface area contributed by atoms with E-state index < -0.39 is 5.97 Å². The van der Waals surface area contributed by atoms with Crippen LogP contribution in [0.25, 0.3) is 0 Å². The molecule has 0 fully saturated rings. The van der Waals surface area contributed by atoms with Gasteiger partial charge in [-0.1, -0.05) is 27.2 Å². The maximum absolute atomic E-state index is 11.9. The Hall–Kier alpha value is -1.26. The maximum Gasteiger partial charge on any atom is 0.315 e. The van der Waals surface area contributed by atoms with Crippen LogP contribution in [0.2, 0.25) is 0 Å². The molecule has 5 heteroatoms. The van der Waals surface area contributed by atoms with Crippen LogP contribution in [-0.2, 0) is 4.79 Å². The highest BCUT2D eigenvalue weighted by molar-refractivity contribution is 5.75. The third kappa shape index (κ3) is 7.36. The summed E-state index contributed by atoms with van der Waals surface area (Å²) in [5.74, 6) is -1.08. The number of carboxylic acid groups (broad SMARTS) is 1. The average Bonchev–Trinajstić information content (AvgIpc) is 2.37. The third-order valence-electron chi connectivity index (χ3n) is 4.05. The predicted octanol–water partition coefficient (Wildman–Crippen LogP) is 3.14. The van der Waals surface area contributed by atoms with E-state index in [1.807, 2.05) is 13.8 Å². The molecule has 0 aromatic carbocycles. The molecule has 0 aliphatic carbocycles. The van der Waals surface area contributed by atoms with Crippen LogP contribution >= 0.6 is 0 Å². The minimum absolute atomic E-state index is 0.0500. The van der Waals surface area contributed by atoms with E-state index in [2.05, 4.69) is 24.5 Å². The highest BCUT2D eigenvalue weighted by atomic mass is 16.4. The van der Waals surface area contributed by atoms with Crippen LogP contribution in [0.1, 0.15) is 66.7 Å². The van der Waals surface area contributed by atoms with E-state index in [-0.39, 0.29) is 23.5 Å². The van der Waals surface area contributed by atoms with Crippen LogP contribution in [0.15, 0.2) is 0 Å². The summed E-state index contributed by atoms with van der Waals surface area (Å²) in [6.45, 7) is 9.80. The van der Waals surface area contributed by atoms with Gasteiger partial charge in [-0.15, -0.1) is 0 Å². The van der Waals surface area contributed by atoms with Gasteiger partial charge in [0.25, 0.3) is 0 Å². The highest BCUT2D eigenvalue weighted by Crippen LogP contribution is 2.13. The largest absolute Gasteiger partial charge is 0.481 e. The monoisotopic (exact) mass is 286 g/mol. The molecule has 0 bridgehead atoms. The molecular weight excluding hydrogens is 256 g/mol. The molecule has 5 nitrogen and oxygen atoms in total. The first-order valence-corrected chi connectivity index (χ1v) is 7.55. The molecule has 0 saturated heterocycles. The molecule has 0 spiro atoms. The van der Waals surface area contributed by atoms with Crippen LogP contribution in [0.4, 0.5) is 4.79 Å². The summed E-state index contributed by atoms with van der Waals surface area (Å²) in [5, 5.41) is 14.7. The number of hydrogen-bond donors (Lipinski definition) is 3. The van der Waals surface area contributed by atoms with Gasteiger partial charge >= 0.3 is 12.0 Å². The smallest absolute Gasteiger partial charge is 0.315 e. The summed E-state index contributed by atoms with van der Waals surface area (Å²) in [4.78, 5) is 22.6. The quantitative estimate of drug-likeness (QED) is 0.609. The van der Waals surface area contributed by atoms with Crippen molar-refractivity contribution in [2.75, 3.05) is 0 Å². The molecule has 2 atom stereocenters. The molecule has 0 aromatic heterocycles. The van der Waals surface area contributed by atoms with Gasteiger partial charge in [0.15, 0.2) is 0 Å². The Labute approximate surface area is 122 Å². The van der Waals surface area contributed by atoms with Crippen LogP contribution in [0.3, 0.4) is 0 Å². The topological polar surface area (TPSA) is 78.4 Å². The molecule has 2 amide bonds. The number of amides is 2. The van der Waals surface area contributed by atoms with Crippen molar-refractivity contribution in [3.05, 3.63) is 0 Å². The number of carboxylic acids is 1. The second-order valence-electron chi connectivity index (χ2n) is 5.94. The van der Waals surface area contributed by atoms with Crippen molar-refractivity contribution in [2.24, 2.45) is 5.92 Å². The molecule has 0 saturated carbocycles. The molecule has 0 heterocycles. The fourth-order valence-corrected chi connectivity index (χ4v) is 1.89. The Bertz CT molecular complexity index is 314. The molecule has 118 valence electrons. The molecule has 0 rings (SSSR count). The lowest BCUT2D eigenvalue weighted by atomic mass is 9.96. The first kappa shape index (κ1) is 18.7. The zero-order chi connectivity index (χ0) is 15.8. The van der Waals surface area contributed by atoms with Crippen molar-refractivity contribution in [1.29, 1.82) is 0 Å². The molecule has 3 N–H and O–H groups in total. The lowest BCUT2D eigenvalue weighted by molar-refractivity contribution is -0.141. The number of carbonyl (C=O) groups excluding carboxylic acids is 1. The van der Waals surface area contributed by atoms with Gasteiger partial charge in [0.1, 0.15) is 0 Å². The van der Waals surface area contributed by atoms with Gasteiger partial charge in [-0.2, -0.15) is 0 Å². The molecule has 2 unspecified atom stereocenters. The van der Waals surface area contributed by atoms with Gasteiger partial charge in [0, 0.05) is 11.6 Å². The van der Waals surface area contributed by atoms with Gasteiger partial charge in [0.2, 0.25) is 0 Å². The number of rotatable bonds is 9. The average molecular weight is 286 g/mol. The highest BCUT2D eigenvalue weighted by Gasteiger charge is 2.22. The minimum Gasteiger partial charge on any atom is -0.481 e. The first-order chi connectivity index (χ1) is 9.24. The lowest BCUT2D eigenvalue weighted by Crippen LogP contribution is -2.51. The SMILES string of the molecule is CCC(C)(CC)NC(=O)NC(C)CCCC(C)C(=O)O. The summed E-state index contributed by atoms with van der Waals surface area (Å²) in [5.41, 5.74) is -0.165. The fourth-order valence-electron chi connectivity index (χ4n) is 1.89. The zero-order valence-electron chi connectivity index (χ0n) is 13.5. The Balaban J connectivity index is 3.99. The van der Waals surface area contributed by atoms with Gasteiger partial charge in [-0.3, -0.25) is 4.79 Å². The van der Waals surface area contributed by atoms with E-state index in [1.54, 1.807) is 6.92 Å². The Kier molecular flexibility index (Phi) is 8.26. The summed E-state index contributed by atoms with van der Waals surface area (Å²) >= 11 is 0. The van der Waals surface area contributed by atoms with E-state index in [1.165, 1.54) is 0 Å². The van der Waals surface area contributed by atoms with Gasteiger partial charge in [-0.05, 0) is 39.5 Å². The normalized spacial score (nSPS) is 14.4. The number of carbonyl (C=O) groups is 2. The zero-order valence-corrected chi connectivity index (χ0v) is 13.5. The van der Waals surface area contributed by atoms with E-state index in [0.29, 0.717) is 6.42 Å². The Morgan fingerprint density at radius 2 is 1.70 bits per heavy atom. The number of aliphatic carboxylic acids is 1. The summed E-state index contributed by atoms with van der Waals surface area (Å²) in [6, 6.07) is -0.0936. The molecule has 0 aliphatic rings. The van der Waals surface area contributed by atoms with Crippen molar-refractivity contribution in [3.8, 4) is 0 Å². The van der Waals surface area contributed by atoms with Crippen LogP contribution in [-0.4, -0.2) is 28.7 Å². The Morgan fingerprint density at radius 3 is 2.15 bits per heavy atom.